The summed E-state index contributed by atoms with van der Waals surface area (Å²) < 4.78 is 1.14. The zero-order valence-corrected chi connectivity index (χ0v) is 14.5. The number of nitrogens with one attached hydrogen (secondary N) is 1. The van der Waals surface area contributed by atoms with Crippen LogP contribution in [0.3, 0.4) is 0 Å². The molecule has 1 aliphatic rings. The lowest BCUT2D eigenvalue weighted by atomic mass is 9.91. The first-order chi connectivity index (χ1) is 9.67. The molecule has 0 aromatic heterocycles. The number of aliphatic hydroxyl groups excluding tert-OH is 1. The third-order valence-corrected chi connectivity index (χ3v) is 5.50. The summed E-state index contributed by atoms with van der Waals surface area (Å²) in [5, 5.41) is 13.4. The molecule has 20 heavy (non-hydrogen) atoms. The zero-order valence-electron chi connectivity index (χ0n) is 12.1. The van der Waals surface area contributed by atoms with Crippen molar-refractivity contribution in [1.82, 2.24) is 5.32 Å². The van der Waals surface area contributed by atoms with Gasteiger partial charge in [-0.3, -0.25) is 0 Å². The zero-order chi connectivity index (χ0) is 14.4. The molecular formula is C16H24BrNOS. The van der Waals surface area contributed by atoms with Crippen molar-refractivity contribution in [1.29, 1.82) is 0 Å². The van der Waals surface area contributed by atoms with E-state index in [2.05, 4.69) is 52.4 Å². The molecule has 1 aromatic rings. The summed E-state index contributed by atoms with van der Waals surface area (Å²) in [6.07, 6.45) is 5.73. The summed E-state index contributed by atoms with van der Waals surface area (Å²) in [4.78, 5) is 1.31. The van der Waals surface area contributed by atoms with Crippen molar-refractivity contribution in [3.8, 4) is 0 Å². The fourth-order valence-corrected chi connectivity index (χ4v) is 3.87. The minimum absolute atomic E-state index is 0.0565. The molecule has 1 fully saturated rings. The molecular weight excluding hydrogens is 334 g/mol. The highest BCUT2D eigenvalue weighted by atomic mass is 79.9. The quantitative estimate of drug-likeness (QED) is 0.512. The third kappa shape index (κ3) is 5.06. The Kier molecular flexibility index (Phi) is 6.40. The Bertz CT molecular complexity index is 419. The van der Waals surface area contributed by atoms with Gasteiger partial charge in [0.2, 0.25) is 0 Å². The van der Waals surface area contributed by atoms with E-state index in [1.54, 1.807) is 0 Å². The maximum atomic E-state index is 9.73. The number of halogens is 1. The highest BCUT2D eigenvalue weighted by Crippen LogP contribution is 2.28. The first-order valence-corrected chi connectivity index (χ1v) is 9.22. The highest BCUT2D eigenvalue weighted by molar-refractivity contribution is 9.10. The number of hydrogen-bond acceptors (Lipinski definition) is 3. The molecule has 1 saturated carbocycles. The number of hydrogen-bond donors (Lipinski definition) is 2. The number of thioether (sulfide) groups is 1. The predicted molar refractivity (Wildman–Crippen MR) is 90.4 cm³/mol. The summed E-state index contributed by atoms with van der Waals surface area (Å²) in [5.74, 6) is 1.10. The van der Waals surface area contributed by atoms with Crippen LogP contribution in [0.2, 0.25) is 0 Å². The molecule has 0 spiro atoms. The van der Waals surface area contributed by atoms with Gasteiger partial charge in [0.15, 0.2) is 0 Å². The summed E-state index contributed by atoms with van der Waals surface area (Å²) >= 11 is 5.39. The molecule has 2 nitrogen and oxygen atoms in total. The second-order valence-electron chi connectivity index (χ2n) is 5.62. The third-order valence-electron chi connectivity index (χ3n) is 3.93. The molecule has 0 saturated heterocycles. The average molecular weight is 358 g/mol. The van der Waals surface area contributed by atoms with Gasteiger partial charge in [0.1, 0.15) is 0 Å². The SMILES string of the molecule is CCC(CO)(CCCSc1cccc(Br)c1)NC1CC1. The standard InChI is InChI=1S/C16H24BrNOS/c1-2-16(12-19,18-14-7-8-14)9-4-10-20-15-6-3-5-13(17)11-15/h3,5-6,11,14,18-19H,2,4,7-10,12H2,1H3. The molecule has 0 radical (unpaired) electrons. The fraction of sp³-hybridized carbons (Fsp3) is 0.625. The maximum Gasteiger partial charge on any atom is 0.0613 e. The summed E-state index contributed by atoms with van der Waals surface area (Å²) in [6, 6.07) is 9.09. The van der Waals surface area contributed by atoms with E-state index in [1.807, 2.05) is 11.8 Å². The van der Waals surface area contributed by atoms with E-state index in [0.29, 0.717) is 6.04 Å². The van der Waals surface area contributed by atoms with Crippen molar-refractivity contribution in [2.75, 3.05) is 12.4 Å². The number of benzene rings is 1. The normalized spacial score (nSPS) is 17.9. The van der Waals surface area contributed by atoms with Gasteiger partial charge in [-0.1, -0.05) is 28.9 Å². The first kappa shape index (κ1) is 16.3. The molecule has 0 aliphatic heterocycles. The second kappa shape index (κ2) is 7.83. The Morgan fingerprint density at radius 3 is 2.85 bits per heavy atom. The van der Waals surface area contributed by atoms with Crippen molar-refractivity contribution in [3.63, 3.8) is 0 Å². The van der Waals surface area contributed by atoms with E-state index in [9.17, 15) is 5.11 Å². The molecule has 1 unspecified atom stereocenters. The summed E-state index contributed by atoms with van der Waals surface area (Å²) in [5.41, 5.74) is -0.0565. The molecule has 0 amide bonds. The van der Waals surface area contributed by atoms with E-state index >= 15 is 0 Å². The van der Waals surface area contributed by atoms with Gasteiger partial charge in [0.05, 0.1) is 6.61 Å². The van der Waals surface area contributed by atoms with E-state index in [4.69, 9.17) is 0 Å². The molecule has 1 aliphatic carbocycles. The van der Waals surface area contributed by atoms with Crippen LogP contribution in [0.1, 0.15) is 39.0 Å². The van der Waals surface area contributed by atoms with Crippen LogP contribution >= 0.6 is 27.7 Å². The Morgan fingerprint density at radius 1 is 1.45 bits per heavy atom. The molecule has 2 rings (SSSR count). The Morgan fingerprint density at radius 2 is 2.25 bits per heavy atom. The second-order valence-corrected chi connectivity index (χ2v) is 7.70. The van der Waals surface area contributed by atoms with Gasteiger partial charge in [0, 0.05) is 20.9 Å². The van der Waals surface area contributed by atoms with Gasteiger partial charge >= 0.3 is 0 Å². The van der Waals surface area contributed by atoms with Gasteiger partial charge in [-0.25, -0.2) is 0 Å². The number of rotatable bonds is 9. The van der Waals surface area contributed by atoms with Crippen LogP contribution in [-0.2, 0) is 0 Å². The van der Waals surface area contributed by atoms with E-state index in [-0.39, 0.29) is 12.1 Å². The summed E-state index contributed by atoms with van der Waals surface area (Å²) in [7, 11) is 0. The van der Waals surface area contributed by atoms with Crippen molar-refractivity contribution in [2.24, 2.45) is 0 Å². The lowest BCUT2D eigenvalue weighted by molar-refractivity contribution is 0.144. The molecule has 4 heteroatoms. The van der Waals surface area contributed by atoms with Crippen LogP contribution in [0, 0.1) is 0 Å². The fourth-order valence-electron chi connectivity index (χ4n) is 2.41. The largest absolute Gasteiger partial charge is 0.394 e. The number of aliphatic hydroxyl groups is 1. The van der Waals surface area contributed by atoms with E-state index < -0.39 is 0 Å². The average Bonchev–Trinajstić information content (AvgIpc) is 3.26. The van der Waals surface area contributed by atoms with Crippen LogP contribution in [0.5, 0.6) is 0 Å². The minimum atomic E-state index is -0.0565. The van der Waals surface area contributed by atoms with Crippen molar-refractivity contribution < 1.29 is 5.11 Å². The van der Waals surface area contributed by atoms with Crippen LogP contribution in [0.25, 0.3) is 0 Å². The lowest BCUT2D eigenvalue weighted by Gasteiger charge is -2.32. The van der Waals surface area contributed by atoms with Gasteiger partial charge in [-0.05, 0) is 56.1 Å². The van der Waals surface area contributed by atoms with Gasteiger partial charge in [0.25, 0.3) is 0 Å². The molecule has 0 heterocycles. The maximum absolute atomic E-state index is 9.73. The van der Waals surface area contributed by atoms with E-state index in [0.717, 1.165) is 29.5 Å². The van der Waals surface area contributed by atoms with Crippen molar-refractivity contribution >= 4 is 27.7 Å². The minimum Gasteiger partial charge on any atom is -0.394 e. The Hall–Kier alpha value is -0.0300. The van der Waals surface area contributed by atoms with E-state index in [1.165, 1.54) is 17.7 Å². The van der Waals surface area contributed by atoms with Gasteiger partial charge < -0.3 is 10.4 Å². The first-order valence-electron chi connectivity index (χ1n) is 7.44. The molecule has 1 aromatic carbocycles. The predicted octanol–water partition coefficient (Wildman–Crippen LogP) is 4.21. The van der Waals surface area contributed by atoms with Crippen LogP contribution in [-0.4, -0.2) is 29.0 Å². The van der Waals surface area contributed by atoms with Crippen LogP contribution in [0.15, 0.2) is 33.6 Å². The smallest absolute Gasteiger partial charge is 0.0613 e. The Balaban J connectivity index is 1.75. The van der Waals surface area contributed by atoms with Crippen LogP contribution < -0.4 is 5.32 Å². The molecule has 0 bridgehead atoms. The highest BCUT2D eigenvalue weighted by Gasteiger charge is 2.33. The molecule has 112 valence electrons. The summed E-state index contributed by atoms with van der Waals surface area (Å²) in [6.45, 7) is 2.43. The van der Waals surface area contributed by atoms with Gasteiger partial charge in [-0.2, -0.15) is 0 Å². The lowest BCUT2D eigenvalue weighted by Crippen LogP contribution is -2.49. The monoisotopic (exact) mass is 357 g/mol. The van der Waals surface area contributed by atoms with Crippen LogP contribution in [0.4, 0.5) is 0 Å². The van der Waals surface area contributed by atoms with Gasteiger partial charge in [-0.15, -0.1) is 11.8 Å². The molecule has 2 N–H and O–H groups in total. The van der Waals surface area contributed by atoms with Crippen molar-refractivity contribution in [3.05, 3.63) is 28.7 Å². The van der Waals surface area contributed by atoms with Crippen molar-refractivity contribution in [2.45, 2.75) is 55.5 Å². The topological polar surface area (TPSA) is 32.3 Å². The molecule has 1 atom stereocenters. The Labute approximate surface area is 134 Å².